The molecule has 1 atom stereocenters. The fourth-order valence-corrected chi connectivity index (χ4v) is 3.82. The molecule has 2 aromatic rings. The van der Waals surface area contributed by atoms with Gasteiger partial charge in [-0.05, 0) is 26.7 Å². The quantitative estimate of drug-likeness (QED) is 0.937. The number of fused-ring (bicyclic) bond motifs is 1. The van der Waals surface area contributed by atoms with Crippen LogP contribution in [0.4, 0.5) is 0 Å². The monoisotopic (exact) mass is 307 g/mol. The zero-order chi connectivity index (χ0) is 15.2. The number of rotatable bonds is 3. The highest BCUT2D eigenvalue weighted by molar-refractivity contribution is 7.15. The summed E-state index contributed by atoms with van der Waals surface area (Å²) in [6.45, 7) is 4.05. The lowest BCUT2D eigenvalue weighted by atomic mass is 9.99. The second-order valence-electron chi connectivity index (χ2n) is 5.67. The first-order valence-electron chi connectivity index (χ1n) is 6.88. The number of aliphatic carboxylic acids is 1. The molecule has 1 saturated heterocycles. The zero-order valence-electron chi connectivity index (χ0n) is 12.0. The predicted octanol–water partition coefficient (Wildman–Crippen LogP) is 1.71. The molecule has 0 bridgehead atoms. The zero-order valence-corrected chi connectivity index (χ0v) is 12.8. The summed E-state index contributed by atoms with van der Waals surface area (Å²) in [5.74, 6) is -1.06. The molecule has 0 radical (unpaired) electrons. The SMILES string of the molecule is Cc1cn2c(CC(=O)N3CCCC3(C)C(=O)O)csc2n1. The fraction of sp³-hybridized carbons (Fsp3) is 0.500. The second-order valence-corrected chi connectivity index (χ2v) is 6.50. The molecule has 3 rings (SSSR count). The number of carbonyl (C=O) groups excluding carboxylic acids is 1. The van der Waals surface area contributed by atoms with Gasteiger partial charge in [-0.1, -0.05) is 0 Å². The largest absolute Gasteiger partial charge is 0.480 e. The summed E-state index contributed by atoms with van der Waals surface area (Å²) in [6, 6.07) is 0. The van der Waals surface area contributed by atoms with Crippen LogP contribution < -0.4 is 0 Å². The molecule has 0 saturated carbocycles. The van der Waals surface area contributed by atoms with Gasteiger partial charge in [0.25, 0.3) is 0 Å². The van der Waals surface area contributed by atoms with Gasteiger partial charge in [0.1, 0.15) is 5.54 Å². The van der Waals surface area contributed by atoms with Crippen molar-refractivity contribution in [1.29, 1.82) is 0 Å². The fourth-order valence-electron chi connectivity index (χ4n) is 2.90. The highest BCUT2D eigenvalue weighted by Gasteiger charge is 2.45. The van der Waals surface area contributed by atoms with E-state index in [9.17, 15) is 14.7 Å². The molecule has 0 aromatic carbocycles. The number of nitrogens with zero attached hydrogens (tertiary/aromatic N) is 3. The Bertz CT molecular complexity index is 720. The van der Waals surface area contributed by atoms with Gasteiger partial charge in [0, 0.05) is 23.8 Å². The van der Waals surface area contributed by atoms with Gasteiger partial charge >= 0.3 is 5.97 Å². The number of hydrogen-bond acceptors (Lipinski definition) is 4. The third-order valence-electron chi connectivity index (χ3n) is 4.14. The van der Waals surface area contributed by atoms with Crippen molar-refractivity contribution in [2.45, 2.75) is 38.6 Å². The van der Waals surface area contributed by atoms with Gasteiger partial charge in [-0.15, -0.1) is 11.3 Å². The molecule has 6 nitrogen and oxygen atoms in total. The normalized spacial score (nSPS) is 22.1. The molecule has 21 heavy (non-hydrogen) atoms. The van der Waals surface area contributed by atoms with Crippen LogP contribution in [-0.4, -0.2) is 43.4 Å². The van der Waals surface area contributed by atoms with Crippen molar-refractivity contribution in [3.8, 4) is 0 Å². The summed E-state index contributed by atoms with van der Waals surface area (Å²) >= 11 is 1.49. The van der Waals surface area contributed by atoms with Gasteiger partial charge in [0.05, 0.1) is 12.1 Å². The van der Waals surface area contributed by atoms with Gasteiger partial charge in [-0.2, -0.15) is 0 Å². The standard InChI is InChI=1S/C14H17N3O3S/c1-9-7-16-10(8-21-13(16)15-9)6-11(18)17-5-3-4-14(17,2)12(19)20/h7-8H,3-6H2,1-2H3,(H,19,20). The third-order valence-corrected chi connectivity index (χ3v) is 5.03. The number of carbonyl (C=O) groups is 2. The molecule has 1 amide bonds. The van der Waals surface area contributed by atoms with Crippen LogP contribution in [0.3, 0.4) is 0 Å². The van der Waals surface area contributed by atoms with Crippen LogP contribution in [0.1, 0.15) is 31.2 Å². The summed E-state index contributed by atoms with van der Waals surface area (Å²) in [5, 5.41) is 11.3. The van der Waals surface area contributed by atoms with E-state index in [1.165, 1.54) is 16.2 Å². The number of hydrogen-bond donors (Lipinski definition) is 1. The molecule has 1 N–H and O–H groups in total. The summed E-state index contributed by atoms with van der Waals surface area (Å²) in [5.41, 5.74) is 0.698. The number of aromatic nitrogens is 2. The van der Waals surface area contributed by atoms with Crippen LogP contribution >= 0.6 is 11.3 Å². The first-order chi connectivity index (χ1) is 9.91. The van der Waals surface area contributed by atoms with E-state index in [0.29, 0.717) is 13.0 Å². The maximum Gasteiger partial charge on any atom is 0.329 e. The number of carboxylic acid groups (broad SMARTS) is 1. The number of imidazole rings is 1. The average Bonchev–Trinajstić information content (AvgIpc) is 3.06. The Labute approximate surface area is 126 Å². The van der Waals surface area contributed by atoms with Crippen LogP contribution in [0.15, 0.2) is 11.6 Å². The lowest BCUT2D eigenvalue weighted by Gasteiger charge is -2.31. The highest BCUT2D eigenvalue weighted by atomic mass is 32.1. The van der Waals surface area contributed by atoms with Crippen LogP contribution in [0.2, 0.25) is 0 Å². The molecule has 1 aliphatic rings. The van der Waals surface area contributed by atoms with E-state index >= 15 is 0 Å². The molecule has 7 heteroatoms. The van der Waals surface area contributed by atoms with E-state index in [1.54, 1.807) is 6.92 Å². The summed E-state index contributed by atoms with van der Waals surface area (Å²) in [4.78, 5) is 30.7. The number of likely N-dealkylation sites (tertiary alicyclic amines) is 1. The topological polar surface area (TPSA) is 74.9 Å². The molecule has 3 heterocycles. The Kier molecular flexibility index (Phi) is 3.24. The molecule has 1 unspecified atom stereocenters. The van der Waals surface area contributed by atoms with Crippen LogP contribution in [0, 0.1) is 6.92 Å². The van der Waals surface area contributed by atoms with Crippen LogP contribution in [0.5, 0.6) is 0 Å². The second kappa shape index (κ2) is 4.84. The smallest absolute Gasteiger partial charge is 0.329 e. The molecular weight excluding hydrogens is 290 g/mol. The van der Waals surface area contributed by atoms with Gasteiger partial charge in [0.15, 0.2) is 4.96 Å². The van der Waals surface area contributed by atoms with Crippen LogP contribution in [-0.2, 0) is 16.0 Å². The van der Waals surface area contributed by atoms with Crippen LogP contribution in [0.25, 0.3) is 4.96 Å². The Balaban J connectivity index is 1.84. The molecule has 112 valence electrons. The van der Waals surface area contributed by atoms with Crippen molar-refractivity contribution in [2.24, 2.45) is 0 Å². The van der Waals surface area contributed by atoms with Crippen molar-refractivity contribution in [2.75, 3.05) is 6.54 Å². The lowest BCUT2D eigenvalue weighted by Crippen LogP contribution is -2.51. The van der Waals surface area contributed by atoms with E-state index in [4.69, 9.17) is 0 Å². The van der Waals surface area contributed by atoms with Gasteiger partial charge < -0.3 is 10.0 Å². The van der Waals surface area contributed by atoms with Crippen molar-refractivity contribution >= 4 is 28.2 Å². The summed E-state index contributed by atoms with van der Waals surface area (Å²) < 4.78 is 1.91. The predicted molar refractivity (Wildman–Crippen MR) is 78.5 cm³/mol. The first-order valence-corrected chi connectivity index (χ1v) is 7.76. The Morgan fingerprint density at radius 1 is 1.52 bits per heavy atom. The van der Waals surface area contributed by atoms with Crippen molar-refractivity contribution in [3.05, 3.63) is 23.0 Å². The highest BCUT2D eigenvalue weighted by Crippen LogP contribution is 2.30. The number of aryl methyl sites for hydroxylation is 1. The van der Waals surface area contributed by atoms with Gasteiger partial charge in [-0.3, -0.25) is 9.20 Å². The molecule has 1 aliphatic heterocycles. The minimum Gasteiger partial charge on any atom is -0.480 e. The molecule has 0 aliphatic carbocycles. The van der Waals surface area contributed by atoms with E-state index in [1.807, 2.05) is 22.9 Å². The lowest BCUT2D eigenvalue weighted by molar-refractivity contribution is -0.155. The summed E-state index contributed by atoms with van der Waals surface area (Å²) in [6.07, 6.45) is 3.35. The molecule has 1 fully saturated rings. The third kappa shape index (κ3) is 2.21. The maximum atomic E-state index is 12.5. The average molecular weight is 307 g/mol. The Hall–Kier alpha value is -1.89. The molecule has 2 aromatic heterocycles. The van der Waals surface area contributed by atoms with E-state index in [0.717, 1.165) is 22.8 Å². The maximum absolute atomic E-state index is 12.5. The molecule has 0 spiro atoms. The van der Waals surface area contributed by atoms with Crippen molar-refractivity contribution in [1.82, 2.24) is 14.3 Å². The van der Waals surface area contributed by atoms with E-state index in [-0.39, 0.29) is 12.3 Å². The minimum absolute atomic E-state index is 0.136. The number of carboxylic acids is 1. The molecular formula is C14H17N3O3S. The van der Waals surface area contributed by atoms with E-state index < -0.39 is 11.5 Å². The number of thiazole rings is 1. The Morgan fingerprint density at radius 3 is 3.00 bits per heavy atom. The van der Waals surface area contributed by atoms with Crippen molar-refractivity contribution < 1.29 is 14.7 Å². The van der Waals surface area contributed by atoms with Gasteiger partial charge in [0.2, 0.25) is 5.91 Å². The Morgan fingerprint density at radius 2 is 2.29 bits per heavy atom. The van der Waals surface area contributed by atoms with Gasteiger partial charge in [-0.25, -0.2) is 9.78 Å². The summed E-state index contributed by atoms with van der Waals surface area (Å²) in [7, 11) is 0. The first kappa shape index (κ1) is 14.1. The number of amides is 1. The van der Waals surface area contributed by atoms with E-state index in [2.05, 4.69) is 4.98 Å². The minimum atomic E-state index is -1.07. The van der Waals surface area contributed by atoms with Crippen molar-refractivity contribution in [3.63, 3.8) is 0 Å².